The molecule has 1 saturated carbocycles. The molecule has 2 heterocycles. The van der Waals surface area contributed by atoms with Crippen molar-refractivity contribution in [2.24, 2.45) is 11.3 Å². The van der Waals surface area contributed by atoms with Crippen LogP contribution in [0.1, 0.15) is 54.7 Å². The fraction of sp³-hybridized carbons (Fsp3) is 0.435. The highest BCUT2D eigenvalue weighted by molar-refractivity contribution is 6.00. The average molecular weight is 398 g/mol. The fourth-order valence-electron chi connectivity index (χ4n) is 4.91. The maximum Gasteiger partial charge on any atom is 0.233 e. The van der Waals surface area contributed by atoms with Gasteiger partial charge in [0.1, 0.15) is 17.3 Å². The van der Waals surface area contributed by atoms with Crippen LogP contribution in [0.5, 0.6) is 0 Å². The van der Waals surface area contributed by atoms with E-state index >= 15 is 0 Å². The van der Waals surface area contributed by atoms with Gasteiger partial charge >= 0.3 is 0 Å². The predicted octanol–water partition coefficient (Wildman–Crippen LogP) is 4.85. The van der Waals surface area contributed by atoms with Crippen LogP contribution in [0.2, 0.25) is 0 Å². The van der Waals surface area contributed by atoms with Crippen LogP contribution in [0.4, 0.5) is 14.5 Å². The lowest BCUT2D eigenvalue weighted by Gasteiger charge is -2.36. The summed E-state index contributed by atoms with van der Waals surface area (Å²) >= 11 is 0. The number of rotatable bonds is 4. The largest absolute Gasteiger partial charge is 0.312 e. The van der Waals surface area contributed by atoms with Crippen molar-refractivity contribution in [2.45, 2.75) is 45.4 Å². The van der Waals surface area contributed by atoms with Gasteiger partial charge in [0.25, 0.3) is 0 Å². The van der Waals surface area contributed by atoms with E-state index in [1.165, 1.54) is 17.0 Å². The van der Waals surface area contributed by atoms with E-state index in [1.54, 1.807) is 6.07 Å². The monoisotopic (exact) mass is 398 g/mol. The zero-order chi connectivity index (χ0) is 20.6. The number of pyridine rings is 1. The molecule has 29 heavy (non-hydrogen) atoms. The van der Waals surface area contributed by atoms with E-state index in [4.69, 9.17) is 0 Å². The molecule has 1 amide bonds. The molecule has 0 radical (unpaired) electrons. The maximum atomic E-state index is 13.6. The summed E-state index contributed by atoms with van der Waals surface area (Å²) < 4.78 is 27.2. The van der Waals surface area contributed by atoms with Crippen LogP contribution in [-0.4, -0.2) is 23.2 Å². The molecule has 1 aromatic carbocycles. The quantitative estimate of drug-likeness (QED) is 0.692. The molecule has 1 spiro atoms. The van der Waals surface area contributed by atoms with Crippen molar-refractivity contribution in [1.82, 2.24) is 4.98 Å². The number of hydrogen-bond donors (Lipinski definition) is 0. The molecule has 4 nitrogen and oxygen atoms in total. The molecular weight excluding hydrogens is 374 g/mol. The Morgan fingerprint density at radius 2 is 1.97 bits per heavy atom. The number of Topliss-reactive ketones (excluding diaryl/α,β-unsaturated/α-hetero) is 1. The summed E-state index contributed by atoms with van der Waals surface area (Å²) in [5, 5.41) is 0. The smallest absolute Gasteiger partial charge is 0.233 e. The number of hydrogen-bond acceptors (Lipinski definition) is 3. The van der Waals surface area contributed by atoms with E-state index in [1.807, 2.05) is 19.1 Å². The number of amides is 1. The summed E-state index contributed by atoms with van der Waals surface area (Å²) in [5.74, 6) is -1.33. The van der Waals surface area contributed by atoms with Gasteiger partial charge in [0.05, 0.1) is 5.41 Å². The summed E-state index contributed by atoms with van der Waals surface area (Å²) in [6.07, 6.45) is 4.19. The van der Waals surface area contributed by atoms with Crippen LogP contribution < -0.4 is 4.90 Å². The van der Waals surface area contributed by atoms with Crippen LogP contribution in [0.25, 0.3) is 0 Å². The first-order valence-corrected chi connectivity index (χ1v) is 10.1. The minimum Gasteiger partial charge on any atom is -0.312 e. The van der Waals surface area contributed by atoms with Crippen molar-refractivity contribution >= 4 is 17.4 Å². The van der Waals surface area contributed by atoms with E-state index in [-0.39, 0.29) is 23.3 Å². The van der Waals surface area contributed by atoms with Gasteiger partial charge in [-0.05, 0) is 62.8 Å². The number of ketones is 1. The Labute approximate surface area is 168 Å². The molecule has 1 aromatic heterocycles. The Morgan fingerprint density at radius 1 is 1.21 bits per heavy atom. The predicted molar refractivity (Wildman–Crippen MR) is 106 cm³/mol. The number of nitrogens with zero attached hydrogens (tertiary/aromatic N) is 2. The third-order valence-electron chi connectivity index (χ3n) is 6.27. The fourth-order valence-corrected chi connectivity index (χ4v) is 4.91. The van der Waals surface area contributed by atoms with Crippen molar-refractivity contribution in [3.05, 3.63) is 59.4 Å². The van der Waals surface area contributed by atoms with Gasteiger partial charge in [-0.15, -0.1) is 0 Å². The Balaban J connectivity index is 1.49. The number of halogens is 2. The number of aromatic nitrogens is 1. The molecule has 4 rings (SSSR count). The topological polar surface area (TPSA) is 50.3 Å². The highest BCUT2D eigenvalue weighted by Gasteiger charge is 2.49. The van der Waals surface area contributed by atoms with Crippen molar-refractivity contribution < 1.29 is 18.4 Å². The zero-order valence-corrected chi connectivity index (χ0v) is 16.5. The van der Waals surface area contributed by atoms with Crippen LogP contribution in [0.3, 0.4) is 0 Å². The number of carbonyl (C=O) groups excluding carboxylic acids is 2. The average Bonchev–Trinajstić information content (AvgIpc) is 2.97. The van der Waals surface area contributed by atoms with Gasteiger partial charge in [0.15, 0.2) is 5.78 Å². The summed E-state index contributed by atoms with van der Waals surface area (Å²) in [7, 11) is 0. The van der Waals surface area contributed by atoms with E-state index < -0.39 is 17.0 Å². The summed E-state index contributed by atoms with van der Waals surface area (Å²) in [5.41, 5.74) is 1.01. The van der Waals surface area contributed by atoms with Gasteiger partial charge in [-0.25, -0.2) is 8.78 Å². The van der Waals surface area contributed by atoms with Crippen LogP contribution in [0, 0.1) is 29.9 Å². The lowest BCUT2D eigenvalue weighted by Crippen LogP contribution is -2.38. The minimum atomic E-state index is -0.688. The third-order valence-corrected chi connectivity index (χ3v) is 6.27. The molecule has 0 bridgehead atoms. The molecule has 1 aliphatic carbocycles. The van der Waals surface area contributed by atoms with Gasteiger partial charge in [0, 0.05) is 30.4 Å². The molecule has 2 atom stereocenters. The molecule has 2 aromatic rings. The standard InChI is InChI=1S/C23H24F2N2O2/c1-15-4-2-6-20(26-15)21(28)10-16-5-3-7-23(14-16)8-9-27(22(23)29)19-12-17(24)11-18(25)13-19/h2,4,6,11-13,16H,3,5,7-10,14H2,1H3/t16-,23+/m0/s1. The van der Waals surface area contributed by atoms with E-state index in [0.717, 1.165) is 31.0 Å². The number of anilines is 1. The molecular formula is C23H24F2N2O2. The molecule has 1 saturated heterocycles. The Kier molecular flexibility index (Phi) is 5.19. The Hall–Kier alpha value is -2.63. The van der Waals surface area contributed by atoms with Gasteiger partial charge < -0.3 is 4.90 Å². The summed E-state index contributed by atoms with van der Waals surface area (Å²) in [6, 6.07) is 8.62. The molecule has 0 unspecified atom stereocenters. The second-order valence-corrected chi connectivity index (χ2v) is 8.37. The lowest BCUT2D eigenvalue weighted by molar-refractivity contribution is -0.128. The van der Waals surface area contributed by atoms with Crippen molar-refractivity contribution in [1.29, 1.82) is 0 Å². The highest BCUT2D eigenvalue weighted by atomic mass is 19.1. The number of benzene rings is 1. The van der Waals surface area contributed by atoms with Crippen LogP contribution >= 0.6 is 0 Å². The molecule has 6 heteroatoms. The van der Waals surface area contributed by atoms with Gasteiger partial charge in [0.2, 0.25) is 5.91 Å². The lowest BCUT2D eigenvalue weighted by atomic mass is 9.67. The molecule has 2 aliphatic rings. The normalized spacial score (nSPS) is 24.3. The minimum absolute atomic E-state index is 0.00486. The van der Waals surface area contributed by atoms with Gasteiger partial charge in [-0.3, -0.25) is 14.6 Å². The maximum absolute atomic E-state index is 13.6. The Morgan fingerprint density at radius 3 is 2.69 bits per heavy atom. The third kappa shape index (κ3) is 3.93. The van der Waals surface area contributed by atoms with E-state index in [0.29, 0.717) is 31.5 Å². The first-order chi connectivity index (χ1) is 13.9. The first-order valence-electron chi connectivity index (χ1n) is 10.1. The number of aryl methyl sites for hydroxylation is 1. The molecule has 2 fully saturated rings. The zero-order valence-electron chi connectivity index (χ0n) is 16.5. The van der Waals surface area contributed by atoms with Crippen LogP contribution in [0.15, 0.2) is 36.4 Å². The van der Waals surface area contributed by atoms with Gasteiger partial charge in [-0.1, -0.05) is 12.5 Å². The van der Waals surface area contributed by atoms with Crippen molar-refractivity contribution in [3.63, 3.8) is 0 Å². The Bertz CT molecular complexity index is 941. The second kappa shape index (κ2) is 7.65. The van der Waals surface area contributed by atoms with Crippen molar-refractivity contribution in [3.8, 4) is 0 Å². The van der Waals surface area contributed by atoms with Gasteiger partial charge in [-0.2, -0.15) is 0 Å². The number of carbonyl (C=O) groups is 2. The van der Waals surface area contributed by atoms with E-state index in [2.05, 4.69) is 4.98 Å². The first kappa shape index (κ1) is 19.7. The van der Waals surface area contributed by atoms with Crippen LogP contribution in [-0.2, 0) is 4.79 Å². The SMILES string of the molecule is Cc1cccc(C(=O)C[C@@H]2CCC[C@@]3(CCN(c4cc(F)cc(F)c4)C3=O)C2)n1. The van der Waals surface area contributed by atoms with E-state index in [9.17, 15) is 18.4 Å². The summed E-state index contributed by atoms with van der Waals surface area (Å²) in [4.78, 5) is 31.7. The second-order valence-electron chi connectivity index (χ2n) is 8.37. The molecule has 152 valence electrons. The summed E-state index contributed by atoms with van der Waals surface area (Å²) in [6.45, 7) is 2.30. The highest BCUT2D eigenvalue weighted by Crippen LogP contribution is 2.48. The van der Waals surface area contributed by atoms with Crippen molar-refractivity contribution in [2.75, 3.05) is 11.4 Å². The molecule has 0 N–H and O–H groups in total. The molecule has 1 aliphatic heterocycles.